The minimum Gasteiger partial charge on any atom is -0.467 e. The van der Waals surface area contributed by atoms with Crippen molar-refractivity contribution in [1.29, 1.82) is 0 Å². The lowest BCUT2D eigenvalue weighted by molar-refractivity contribution is -0.142. The van der Waals surface area contributed by atoms with E-state index in [2.05, 4.69) is 87.1 Å². The SMILES string of the molecule is CCC1=C(NC(Cc2ccccc2)C(=O)OC)COC/C(=C/C(NSc2ccccc2C)C(C)(C)C)[C@H]1c1ccc(Cl)cc1. The molecular formula is C37H45ClN2O3S. The molecule has 4 rings (SSSR count). The molecule has 0 spiro atoms. The summed E-state index contributed by atoms with van der Waals surface area (Å²) in [5, 5.41) is 4.27. The van der Waals surface area contributed by atoms with Crippen molar-refractivity contribution in [2.45, 2.75) is 70.4 Å². The average molecular weight is 633 g/mol. The van der Waals surface area contributed by atoms with E-state index in [0.29, 0.717) is 24.7 Å². The second-order valence-corrected chi connectivity index (χ2v) is 13.6. The molecule has 3 atom stereocenters. The minimum atomic E-state index is -0.548. The van der Waals surface area contributed by atoms with Crippen LogP contribution in [0, 0.1) is 12.3 Å². The first kappa shape index (κ1) is 33.9. The number of hydrogen-bond donors (Lipinski definition) is 2. The van der Waals surface area contributed by atoms with E-state index >= 15 is 0 Å². The Labute approximate surface area is 272 Å². The predicted octanol–water partition coefficient (Wildman–Crippen LogP) is 8.44. The molecule has 0 radical (unpaired) electrons. The Morgan fingerprint density at radius 3 is 2.36 bits per heavy atom. The first-order chi connectivity index (χ1) is 21.1. The van der Waals surface area contributed by atoms with Gasteiger partial charge in [0, 0.05) is 34.0 Å². The summed E-state index contributed by atoms with van der Waals surface area (Å²) in [6.07, 6.45) is 3.64. The highest BCUT2D eigenvalue weighted by Gasteiger charge is 2.32. The molecule has 1 aliphatic rings. The van der Waals surface area contributed by atoms with Crippen molar-refractivity contribution in [3.05, 3.63) is 123 Å². The number of aryl methyl sites for hydroxylation is 1. The van der Waals surface area contributed by atoms with Gasteiger partial charge in [0.2, 0.25) is 0 Å². The van der Waals surface area contributed by atoms with Crippen LogP contribution >= 0.6 is 23.5 Å². The Morgan fingerprint density at radius 2 is 1.73 bits per heavy atom. The number of esters is 1. The summed E-state index contributed by atoms with van der Waals surface area (Å²) in [6.45, 7) is 11.9. The van der Waals surface area contributed by atoms with Crippen molar-refractivity contribution in [2.75, 3.05) is 20.3 Å². The highest BCUT2D eigenvalue weighted by atomic mass is 35.5. The van der Waals surface area contributed by atoms with Crippen LogP contribution in [0.3, 0.4) is 0 Å². The van der Waals surface area contributed by atoms with Gasteiger partial charge in [-0.3, -0.25) is 4.72 Å². The van der Waals surface area contributed by atoms with E-state index in [1.54, 1.807) is 11.9 Å². The quantitative estimate of drug-likeness (QED) is 0.126. The van der Waals surface area contributed by atoms with Crippen molar-refractivity contribution in [2.24, 2.45) is 5.41 Å². The monoisotopic (exact) mass is 632 g/mol. The lowest BCUT2D eigenvalue weighted by Crippen LogP contribution is -2.40. The van der Waals surface area contributed by atoms with Gasteiger partial charge in [-0.1, -0.05) is 106 Å². The number of benzene rings is 3. The van der Waals surface area contributed by atoms with E-state index in [9.17, 15) is 4.79 Å². The molecule has 3 aromatic rings. The van der Waals surface area contributed by atoms with Gasteiger partial charge in [-0.25, -0.2) is 4.79 Å². The van der Waals surface area contributed by atoms with Crippen LogP contribution in [0.25, 0.3) is 0 Å². The maximum Gasteiger partial charge on any atom is 0.328 e. The Balaban J connectivity index is 1.76. The maximum absolute atomic E-state index is 13.0. The standard InChI is InChI=1S/C37H45ClN2O3S/c1-7-30-32(39-31(36(41)42-6)21-26-14-9-8-10-15-26)24-43-23-28(35(30)27-17-19-29(38)20-18-27)22-34(37(3,4)5)40-44-33-16-12-11-13-25(33)2/h8-20,22,31,34-35,39-40H,7,21,23-24H2,1-6H3/b28-22-/t31?,34?,35-/m1/s1. The zero-order valence-electron chi connectivity index (χ0n) is 26.7. The Morgan fingerprint density at radius 1 is 1.05 bits per heavy atom. The summed E-state index contributed by atoms with van der Waals surface area (Å²) in [5.74, 6) is -0.350. The zero-order valence-corrected chi connectivity index (χ0v) is 28.2. The lowest BCUT2D eigenvalue weighted by atomic mass is 9.79. The molecule has 0 bridgehead atoms. The third kappa shape index (κ3) is 9.01. The maximum atomic E-state index is 13.0. The summed E-state index contributed by atoms with van der Waals surface area (Å²) in [5.41, 5.74) is 6.67. The normalized spacial score (nSPS) is 18.1. The summed E-state index contributed by atoms with van der Waals surface area (Å²) in [7, 11) is 1.44. The highest BCUT2D eigenvalue weighted by Crippen LogP contribution is 2.39. The number of allylic oxidation sites excluding steroid dienone is 1. The molecule has 0 fully saturated rings. The Kier molecular flexibility index (Phi) is 12.2. The van der Waals surface area contributed by atoms with E-state index in [0.717, 1.165) is 23.2 Å². The average Bonchev–Trinajstić information content (AvgIpc) is 3.18. The molecule has 7 heteroatoms. The molecule has 0 amide bonds. The molecule has 2 N–H and O–H groups in total. The molecular weight excluding hydrogens is 588 g/mol. The topological polar surface area (TPSA) is 59.6 Å². The molecule has 2 unspecified atom stereocenters. The molecule has 0 aliphatic carbocycles. The van der Waals surface area contributed by atoms with Crippen molar-refractivity contribution in [1.82, 2.24) is 10.0 Å². The van der Waals surface area contributed by atoms with E-state index in [1.807, 2.05) is 42.5 Å². The first-order valence-corrected chi connectivity index (χ1v) is 16.4. The molecule has 234 valence electrons. The van der Waals surface area contributed by atoms with Gasteiger partial charge in [0.1, 0.15) is 6.04 Å². The Hall–Kier alpha value is -3.03. The van der Waals surface area contributed by atoms with Crippen molar-refractivity contribution >= 4 is 29.5 Å². The third-order valence-electron chi connectivity index (χ3n) is 8.03. The molecule has 5 nitrogen and oxygen atoms in total. The fourth-order valence-electron chi connectivity index (χ4n) is 5.48. The fraction of sp³-hybridized carbons (Fsp3) is 0.378. The zero-order chi connectivity index (χ0) is 31.7. The van der Waals surface area contributed by atoms with Crippen LogP contribution in [0.1, 0.15) is 56.7 Å². The summed E-state index contributed by atoms with van der Waals surface area (Å²) >= 11 is 8.01. The van der Waals surface area contributed by atoms with Gasteiger partial charge in [-0.05, 0) is 76.7 Å². The van der Waals surface area contributed by atoms with Gasteiger partial charge < -0.3 is 14.8 Å². The highest BCUT2D eigenvalue weighted by molar-refractivity contribution is 7.97. The minimum absolute atomic E-state index is 0.0487. The number of ether oxygens (including phenoxy) is 2. The van der Waals surface area contributed by atoms with E-state index < -0.39 is 6.04 Å². The largest absolute Gasteiger partial charge is 0.467 e. The van der Waals surface area contributed by atoms with Gasteiger partial charge in [0.05, 0.1) is 20.3 Å². The molecule has 0 saturated carbocycles. The molecule has 0 saturated heterocycles. The third-order valence-corrected chi connectivity index (χ3v) is 9.33. The second-order valence-electron chi connectivity index (χ2n) is 12.3. The molecule has 1 heterocycles. The van der Waals surface area contributed by atoms with E-state index in [1.165, 1.54) is 28.7 Å². The summed E-state index contributed by atoms with van der Waals surface area (Å²) in [4.78, 5) is 14.2. The van der Waals surface area contributed by atoms with Crippen molar-refractivity contribution in [3.63, 3.8) is 0 Å². The summed E-state index contributed by atoms with van der Waals surface area (Å²) in [6, 6.07) is 26.0. The summed E-state index contributed by atoms with van der Waals surface area (Å²) < 4.78 is 15.4. The van der Waals surface area contributed by atoms with Crippen LogP contribution in [0.2, 0.25) is 5.02 Å². The fourth-order valence-corrected chi connectivity index (χ4v) is 6.66. The lowest BCUT2D eigenvalue weighted by Gasteiger charge is -2.32. The van der Waals surface area contributed by atoms with Gasteiger partial charge in [-0.15, -0.1) is 0 Å². The second kappa shape index (κ2) is 15.8. The number of nitrogens with one attached hydrogen (secondary N) is 2. The van der Waals surface area contributed by atoms with E-state index in [-0.39, 0.29) is 23.3 Å². The van der Waals surface area contributed by atoms with Gasteiger partial charge in [0.25, 0.3) is 0 Å². The number of rotatable bonds is 11. The number of hydrogen-bond acceptors (Lipinski definition) is 6. The number of methoxy groups -OCH3 is 1. The smallest absolute Gasteiger partial charge is 0.328 e. The van der Waals surface area contributed by atoms with Crippen LogP contribution in [0.5, 0.6) is 0 Å². The molecule has 1 aliphatic heterocycles. The van der Waals surface area contributed by atoms with Crippen LogP contribution in [0.15, 0.2) is 107 Å². The number of carbonyl (C=O) groups excluding carboxylic acids is 1. The molecule has 44 heavy (non-hydrogen) atoms. The van der Waals surface area contributed by atoms with Crippen LogP contribution in [0.4, 0.5) is 0 Å². The number of carbonyl (C=O) groups is 1. The number of halogens is 1. The molecule has 3 aromatic carbocycles. The van der Waals surface area contributed by atoms with Crippen molar-refractivity contribution < 1.29 is 14.3 Å². The van der Waals surface area contributed by atoms with Gasteiger partial charge in [0.15, 0.2) is 0 Å². The van der Waals surface area contributed by atoms with Crippen molar-refractivity contribution in [3.8, 4) is 0 Å². The predicted molar refractivity (Wildman–Crippen MR) is 183 cm³/mol. The van der Waals surface area contributed by atoms with E-state index in [4.69, 9.17) is 21.1 Å². The van der Waals surface area contributed by atoms with Crippen LogP contribution < -0.4 is 10.0 Å². The first-order valence-electron chi connectivity index (χ1n) is 15.2. The van der Waals surface area contributed by atoms with Gasteiger partial charge in [-0.2, -0.15) is 0 Å². The van der Waals surface area contributed by atoms with Crippen LogP contribution in [-0.2, 0) is 20.7 Å². The van der Waals surface area contributed by atoms with Crippen LogP contribution in [-0.4, -0.2) is 38.4 Å². The Bertz CT molecular complexity index is 1450. The molecule has 0 aromatic heterocycles. The van der Waals surface area contributed by atoms with Gasteiger partial charge >= 0.3 is 5.97 Å².